The highest BCUT2D eigenvalue weighted by Crippen LogP contribution is 2.21. The highest BCUT2D eigenvalue weighted by Gasteiger charge is 2.28. The van der Waals surface area contributed by atoms with Crippen molar-refractivity contribution in [2.75, 3.05) is 33.8 Å². The van der Waals surface area contributed by atoms with E-state index in [0.29, 0.717) is 22.2 Å². The van der Waals surface area contributed by atoms with Crippen molar-refractivity contribution in [1.29, 1.82) is 0 Å². The van der Waals surface area contributed by atoms with Crippen LogP contribution in [0, 0.1) is 11.8 Å². The number of carbonyl (C=O) groups is 1. The smallest absolute Gasteiger partial charge is 0.253 e. The fourth-order valence-corrected chi connectivity index (χ4v) is 2.64. The fraction of sp³-hybridized carbons (Fsp3) is 0.438. The van der Waals surface area contributed by atoms with Gasteiger partial charge in [-0.2, -0.15) is 0 Å². The van der Waals surface area contributed by atoms with Gasteiger partial charge in [-0.1, -0.05) is 23.4 Å². The van der Waals surface area contributed by atoms with E-state index in [9.17, 15) is 4.79 Å². The van der Waals surface area contributed by atoms with E-state index in [-0.39, 0.29) is 12.5 Å². The van der Waals surface area contributed by atoms with Gasteiger partial charge < -0.3 is 14.9 Å². The van der Waals surface area contributed by atoms with Crippen LogP contribution in [-0.4, -0.2) is 60.6 Å². The molecule has 21 heavy (non-hydrogen) atoms. The van der Waals surface area contributed by atoms with Crippen LogP contribution in [0.3, 0.4) is 0 Å². The van der Waals surface area contributed by atoms with Crippen LogP contribution in [0.5, 0.6) is 0 Å². The van der Waals surface area contributed by atoms with E-state index < -0.39 is 0 Å². The van der Waals surface area contributed by atoms with Crippen LogP contribution in [0.2, 0.25) is 5.02 Å². The highest BCUT2D eigenvalue weighted by atomic mass is 35.5. The van der Waals surface area contributed by atoms with E-state index in [2.05, 4.69) is 16.7 Å². The minimum Gasteiger partial charge on any atom is -0.384 e. The number of hydrogen-bond donors (Lipinski definition) is 1. The van der Waals surface area contributed by atoms with Gasteiger partial charge in [-0.15, -0.1) is 0 Å². The molecule has 1 fully saturated rings. The molecular weight excluding hydrogens is 288 g/mol. The molecule has 1 aromatic rings. The van der Waals surface area contributed by atoms with Crippen molar-refractivity contribution >= 4 is 17.5 Å². The van der Waals surface area contributed by atoms with E-state index in [1.54, 1.807) is 18.2 Å². The van der Waals surface area contributed by atoms with Crippen LogP contribution in [0.25, 0.3) is 0 Å². The summed E-state index contributed by atoms with van der Waals surface area (Å²) in [6.07, 6.45) is 0.993. The molecule has 1 saturated heterocycles. The maximum absolute atomic E-state index is 12.5. The van der Waals surface area contributed by atoms with E-state index >= 15 is 0 Å². The van der Waals surface area contributed by atoms with Crippen LogP contribution in [0.15, 0.2) is 18.2 Å². The number of aliphatic hydroxyl groups excluding tert-OH is 1. The molecule has 1 atom stereocenters. The summed E-state index contributed by atoms with van der Waals surface area (Å²) >= 11 is 6.13. The van der Waals surface area contributed by atoms with E-state index in [4.69, 9.17) is 16.7 Å². The predicted octanol–water partition coefficient (Wildman–Crippen LogP) is 1.46. The standard InChI is InChI=1S/C16H19ClN2O2/c1-18(2)14-7-8-19(11-14)16(21)13-6-5-12(4-3-9-20)15(17)10-13/h5-6,10,14,20H,7-9,11H2,1-2H3. The number of benzene rings is 1. The quantitative estimate of drug-likeness (QED) is 0.841. The largest absolute Gasteiger partial charge is 0.384 e. The molecule has 0 radical (unpaired) electrons. The molecule has 1 unspecified atom stereocenters. The van der Waals surface area contributed by atoms with Crippen LogP contribution in [-0.2, 0) is 0 Å². The molecular formula is C16H19ClN2O2. The van der Waals surface area contributed by atoms with Gasteiger partial charge in [-0.25, -0.2) is 0 Å². The summed E-state index contributed by atoms with van der Waals surface area (Å²) in [5, 5.41) is 9.13. The predicted molar refractivity (Wildman–Crippen MR) is 83.4 cm³/mol. The van der Waals surface area contributed by atoms with Gasteiger partial charge in [-0.05, 0) is 38.7 Å². The molecule has 1 heterocycles. The molecule has 2 rings (SSSR count). The minimum atomic E-state index is -0.212. The molecule has 1 aliphatic heterocycles. The normalized spacial score (nSPS) is 17.8. The van der Waals surface area contributed by atoms with Crippen molar-refractivity contribution in [3.05, 3.63) is 34.3 Å². The van der Waals surface area contributed by atoms with Gasteiger partial charge in [0.2, 0.25) is 0 Å². The lowest BCUT2D eigenvalue weighted by molar-refractivity contribution is 0.0783. The third-order valence-corrected chi connectivity index (χ3v) is 4.01. The first-order valence-electron chi connectivity index (χ1n) is 6.88. The Morgan fingerprint density at radius 2 is 2.29 bits per heavy atom. The van der Waals surface area contributed by atoms with Gasteiger partial charge >= 0.3 is 0 Å². The van der Waals surface area contributed by atoms with E-state index in [0.717, 1.165) is 19.5 Å². The Morgan fingerprint density at radius 3 is 2.86 bits per heavy atom. The molecule has 112 valence electrons. The lowest BCUT2D eigenvalue weighted by Crippen LogP contribution is -2.34. The average molecular weight is 307 g/mol. The second-order valence-electron chi connectivity index (χ2n) is 5.31. The number of nitrogens with zero attached hydrogens (tertiary/aromatic N) is 2. The summed E-state index contributed by atoms with van der Waals surface area (Å²) in [5.74, 6) is 5.31. The van der Waals surface area contributed by atoms with Gasteiger partial charge in [0.05, 0.1) is 5.02 Å². The summed E-state index contributed by atoms with van der Waals surface area (Å²) in [5.41, 5.74) is 1.20. The second kappa shape index (κ2) is 6.95. The summed E-state index contributed by atoms with van der Waals surface area (Å²) < 4.78 is 0. The van der Waals surface area contributed by atoms with Gasteiger partial charge in [0, 0.05) is 30.3 Å². The summed E-state index contributed by atoms with van der Waals surface area (Å²) in [7, 11) is 4.06. The van der Waals surface area contributed by atoms with Crippen molar-refractivity contribution in [1.82, 2.24) is 9.80 Å². The topological polar surface area (TPSA) is 43.8 Å². The summed E-state index contributed by atoms with van der Waals surface area (Å²) in [4.78, 5) is 16.5. The van der Waals surface area contributed by atoms with Crippen LogP contribution >= 0.6 is 11.6 Å². The molecule has 1 aromatic carbocycles. The number of carbonyl (C=O) groups excluding carboxylic acids is 1. The Bertz CT molecular complexity index is 590. The third-order valence-electron chi connectivity index (χ3n) is 3.70. The molecule has 5 heteroatoms. The van der Waals surface area contributed by atoms with Crippen LogP contribution in [0.4, 0.5) is 0 Å². The SMILES string of the molecule is CN(C)C1CCN(C(=O)c2ccc(C#CCO)c(Cl)c2)C1. The zero-order chi connectivity index (χ0) is 15.4. The van der Waals surface area contributed by atoms with E-state index in [1.165, 1.54) is 0 Å². The van der Waals surface area contributed by atoms with Crippen molar-refractivity contribution in [3.63, 3.8) is 0 Å². The van der Waals surface area contributed by atoms with Crippen molar-refractivity contribution in [3.8, 4) is 11.8 Å². The Kier molecular flexibility index (Phi) is 5.24. The molecule has 0 aliphatic carbocycles. The Balaban J connectivity index is 2.12. The molecule has 4 nitrogen and oxygen atoms in total. The number of likely N-dealkylation sites (N-methyl/N-ethyl adjacent to an activating group) is 1. The van der Waals surface area contributed by atoms with Gasteiger partial charge in [0.1, 0.15) is 6.61 Å². The zero-order valence-electron chi connectivity index (χ0n) is 12.3. The number of hydrogen-bond acceptors (Lipinski definition) is 3. The Hall–Kier alpha value is -1.54. The molecule has 0 bridgehead atoms. The van der Waals surface area contributed by atoms with Gasteiger partial charge in [0.25, 0.3) is 5.91 Å². The van der Waals surface area contributed by atoms with Crippen LogP contribution < -0.4 is 0 Å². The average Bonchev–Trinajstić information content (AvgIpc) is 2.95. The lowest BCUT2D eigenvalue weighted by Gasteiger charge is -2.20. The van der Waals surface area contributed by atoms with Crippen LogP contribution in [0.1, 0.15) is 22.3 Å². The fourth-order valence-electron chi connectivity index (χ4n) is 2.41. The number of likely N-dealkylation sites (tertiary alicyclic amines) is 1. The third kappa shape index (κ3) is 3.76. The highest BCUT2D eigenvalue weighted by molar-refractivity contribution is 6.32. The molecule has 1 amide bonds. The van der Waals surface area contributed by atoms with Crippen molar-refractivity contribution in [2.45, 2.75) is 12.5 Å². The molecule has 0 saturated carbocycles. The molecule has 1 aliphatic rings. The van der Waals surface area contributed by atoms with Crippen molar-refractivity contribution in [2.24, 2.45) is 0 Å². The number of aliphatic hydroxyl groups is 1. The Labute approximate surface area is 130 Å². The number of halogens is 1. The number of rotatable bonds is 2. The first kappa shape index (κ1) is 15.8. The first-order valence-corrected chi connectivity index (χ1v) is 7.25. The molecule has 0 spiro atoms. The maximum atomic E-state index is 12.5. The lowest BCUT2D eigenvalue weighted by atomic mass is 10.1. The molecule has 1 N–H and O–H groups in total. The summed E-state index contributed by atoms with van der Waals surface area (Å²) in [6.45, 7) is 1.30. The Morgan fingerprint density at radius 1 is 1.52 bits per heavy atom. The maximum Gasteiger partial charge on any atom is 0.253 e. The van der Waals surface area contributed by atoms with Gasteiger partial charge in [-0.3, -0.25) is 4.79 Å². The monoisotopic (exact) mass is 306 g/mol. The minimum absolute atomic E-state index is 0.00270. The van der Waals surface area contributed by atoms with Gasteiger partial charge in [0.15, 0.2) is 0 Å². The zero-order valence-corrected chi connectivity index (χ0v) is 13.0. The first-order chi connectivity index (χ1) is 10.0. The summed E-state index contributed by atoms with van der Waals surface area (Å²) in [6, 6.07) is 5.52. The molecule has 0 aromatic heterocycles. The van der Waals surface area contributed by atoms with Crippen molar-refractivity contribution < 1.29 is 9.90 Å². The van der Waals surface area contributed by atoms with E-state index in [1.807, 2.05) is 19.0 Å². The number of amides is 1. The second-order valence-corrected chi connectivity index (χ2v) is 5.72.